The number of aryl methyl sites for hydroxylation is 1. The predicted molar refractivity (Wildman–Crippen MR) is 39.1 cm³/mol. The molecule has 0 atom stereocenters. The summed E-state index contributed by atoms with van der Waals surface area (Å²) in [5.41, 5.74) is 2.31. The van der Waals surface area contributed by atoms with Gasteiger partial charge in [-0.1, -0.05) is 25.1 Å². The molecule has 0 amide bonds. The molecule has 0 nitrogen and oxygen atoms in total. The lowest BCUT2D eigenvalue weighted by atomic mass is 10.1. The van der Waals surface area contributed by atoms with E-state index in [1.807, 2.05) is 12.1 Å². The lowest BCUT2D eigenvalue weighted by molar-refractivity contribution is 1.13. The minimum atomic E-state index is 1.04. The van der Waals surface area contributed by atoms with E-state index in [0.717, 1.165) is 12.0 Å². The lowest BCUT2D eigenvalue weighted by Crippen LogP contribution is -1.79. The van der Waals surface area contributed by atoms with Gasteiger partial charge in [0, 0.05) is 0 Å². The number of benzene rings is 1. The molecule has 0 saturated carbocycles. The molecule has 1 aromatic rings. The first-order valence-corrected chi connectivity index (χ1v) is 3.15. The first kappa shape index (κ1) is 6.34. The van der Waals surface area contributed by atoms with Crippen molar-refractivity contribution in [2.24, 2.45) is 0 Å². The van der Waals surface area contributed by atoms with E-state index in [2.05, 4.69) is 26.0 Å². The maximum absolute atomic E-state index is 3.81. The summed E-state index contributed by atoms with van der Waals surface area (Å²) in [4.78, 5) is 0. The van der Waals surface area contributed by atoms with Crippen LogP contribution in [0.2, 0.25) is 0 Å². The highest BCUT2D eigenvalue weighted by atomic mass is 13.9. The second kappa shape index (κ2) is 2.67. The zero-order valence-electron chi connectivity index (χ0n) is 5.65. The molecule has 0 unspecified atom stereocenters. The van der Waals surface area contributed by atoms with Crippen molar-refractivity contribution in [1.82, 2.24) is 0 Å². The Hall–Kier alpha value is -0.780. The zero-order valence-corrected chi connectivity index (χ0v) is 5.65. The van der Waals surface area contributed by atoms with Crippen LogP contribution < -0.4 is 0 Å². The van der Waals surface area contributed by atoms with Gasteiger partial charge in [0.1, 0.15) is 0 Å². The van der Waals surface area contributed by atoms with Crippen LogP contribution in [0.25, 0.3) is 0 Å². The van der Waals surface area contributed by atoms with Gasteiger partial charge in [0.25, 0.3) is 0 Å². The van der Waals surface area contributed by atoms with Crippen LogP contribution in [0, 0.1) is 13.0 Å². The van der Waals surface area contributed by atoms with Gasteiger partial charge in [-0.3, -0.25) is 0 Å². The molecule has 0 aliphatic heterocycles. The largest absolute Gasteiger partial charge is 0.0613 e. The van der Waals surface area contributed by atoms with Crippen LogP contribution in [0.15, 0.2) is 18.2 Å². The van der Waals surface area contributed by atoms with E-state index in [1.54, 1.807) is 0 Å². The molecule has 0 fully saturated rings. The molecule has 0 N–H and O–H groups in total. The third-order valence-electron chi connectivity index (χ3n) is 1.31. The maximum Gasteiger partial charge on any atom is -0.0149 e. The Morgan fingerprint density at radius 2 is 2.44 bits per heavy atom. The fourth-order valence-electron chi connectivity index (χ4n) is 0.773. The summed E-state index contributed by atoms with van der Waals surface area (Å²) in [6.07, 6.45) is 1.04. The van der Waals surface area contributed by atoms with Gasteiger partial charge in [-0.2, -0.15) is 0 Å². The van der Waals surface area contributed by atoms with Crippen LogP contribution >= 0.6 is 0 Å². The van der Waals surface area contributed by atoms with Crippen molar-refractivity contribution in [2.45, 2.75) is 13.3 Å². The van der Waals surface area contributed by atoms with Gasteiger partial charge < -0.3 is 0 Å². The van der Waals surface area contributed by atoms with Gasteiger partial charge in [0.2, 0.25) is 0 Å². The predicted octanol–water partition coefficient (Wildman–Crippen LogP) is 2.23. The summed E-state index contributed by atoms with van der Waals surface area (Å²) >= 11 is 0. The van der Waals surface area contributed by atoms with Crippen molar-refractivity contribution in [3.8, 4) is 0 Å². The van der Waals surface area contributed by atoms with Crippen molar-refractivity contribution in [3.05, 3.63) is 42.3 Å². The molecule has 0 heteroatoms. The monoisotopic (exact) mass is 118 g/mol. The quantitative estimate of drug-likeness (QED) is 0.530. The van der Waals surface area contributed by atoms with Crippen LogP contribution in [0.1, 0.15) is 18.1 Å². The van der Waals surface area contributed by atoms with Crippen LogP contribution in [0.5, 0.6) is 0 Å². The highest BCUT2D eigenvalue weighted by Crippen LogP contribution is 2.02. The van der Waals surface area contributed by atoms with E-state index < -0.39 is 0 Å². The van der Waals surface area contributed by atoms with Crippen LogP contribution in [-0.2, 0) is 6.42 Å². The second-order valence-corrected chi connectivity index (χ2v) is 2.08. The Bertz CT molecular complexity index is 189. The van der Waals surface area contributed by atoms with Crippen LogP contribution in [-0.4, -0.2) is 0 Å². The molecule has 0 heterocycles. The van der Waals surface area contributed by atoms with Crippen molar-refractivity contribution < 1.29 is 0 Å². The Labute approximate surface area is 56.5 Å². The first-order valence-electron chi connectivity index (χ1n) is 3.15. The van der Waals surface area contributed by atoms with Gasteiger partial charge in [-0.15, -0.1) is 0 Å². The Balaban J connectivity index is 2.94. The molecule has 0 spiro atoms. The Morgan fingerprint density at radius 1 is 1.67 bits per heavy atom. The average Bonchev–Trinajstić information content (AvgIpc) is 1.88. The molecule has 0 saturated heterocycles. The molecule has 0 aliphatic carbocycles. The summed E-state index contributed by atoms with van der Waals surface area (Å²) in [6, 6.07) is 9.05. The van der Waals surface area contributed by atoms with Gasteiger partial charge in [-0.25, -0.2) is 0 Å². The molecular formula is C9H10. The summed E-state index contributed by atoms with van der Waals surface area (Å²) < 4.78 is 0. The van der Waals surface area contributed by atoms with Crippen molar-refractivity contribution in [2.75, 3.05) is 0 Å². The van der Waals surface area contributed by atoms with E-state index >= 15 is 0 Å². The molecule has 9 heavy (non-hydrogen) atoms. The van der Waals surface area contributed by atoms with Crippen molar-refractivity contribution in [1.29, 1.82) is 0 Å². The Kier molecular flexibility index (Phi) is 1.88. The minimum absolute atomic E-state index is 1.04. The fraction of sp³-hybridized carbons (Fsp3) is 0.222. The molecule has 46 valence electrons. The first-order chi connectivity index (χ1) is 4.33. The van der Waals surface area contributed by atoms with Gasteiger partial charge in [-0.05, 0) is 30.5 Å². The maximum atomic E-state index is 3.81. The second-order valence-electron chi connectivity index (χ2n) is 2.08. The molecule has 1 aromatic carbocycles. The molecule has 0 aliphatic rings. The van der Waals surface area contributed by atoms with Gasteiger partial charge >= 0.3 is 0 Å². The summed E-state index contributed by atoms with van der Waals surface area (Å²) in [5, 5.41) is 0. The molecule has 1 rings (SSSR count). The van der Waals surface area contributed by atoms with Gasteiger partial charge in [0.15, 0.2) is 0 Å². The van der Waals surface area contributed by atoms with Gasteiger partial charge in [0.05, 0.1) is 0 Å². The number of hydrogen-bond acceptors (Lipinski definition) is 0. The molecule has 2 radical (unpaired) electrons. The van der Waals surface area contributed by atoms with Crippen LogP contribution in [0.4, 0.5) is 0 Å². The normalized spacial score (nSPS) is 9.56. The standard InChI is InChI=1S/C9H10/c1-3-9-6-4-5-8(2)7-9/h4-5,7H,2-3H2,1H3. The van der Waals surface area contributed by atoms with E-state index in [9.17, 15) is 0 Å². The smallest absolute Gasteiger partial charge is 0.0149 e. The highest BCUT2D eigenvalue weighted by Gasteiger charge is 1.86. The number of hydrogen-bond donors (Lipinski definition) is 0. The fourth-order valence-corrected chi connectivity index (χ4v) is 0.773. The third-order valence-corrected chi connectivity index (χ3v) is 1.31. The van der Waals surface area contributed by atoms with Crippen molar-refractivity contribution in [3.63, 3.8) is 0 Å². The highest BCUT2D eigenvalue weighted by molar-refractivity contribution is 5.23. The van der Waals surface area contributed by atoms with E-state index in [4.69, 9.17) is 0 Å². The minimum Gasteiger partial charge on any atom is -0.0613 e. The van der Waals surface area contributed by atoms with Crippen LogP contribution in [0.3, 0.4) is 0 Å². The molecular weight excluding hydrogens is 108 g/mol. The summed E-state index contributed by atoms with van der Waals surface area (Å²) in [7, 11) is 0. The van der Waals surface area contributed by atoms with E-state index in [1.165, 1.54) is 5.56 Å². The third kappa shape index (κ3) is 1.56. The topological polar surface area (TPSA) is 0 Å². The molecule has 0 bridgehead atoms. The molecule has 0 aromatic heterocycles. The van der Waals surface area contributed by atoms with Crippen molar-refractivity contribution >= 4 is 0 Å². The summed E-state index contributed by atoms with van der Waals surface area (Å²) in [6.45, 7) is 5.93. The van der Waals surface area contributed by atoms with E-state index in [0.29, 0.717) is 0 Å². The SMILES string of the molecule is [CH2]c1cc[c]c(CC)c1. The number of rotatable bonds is 1. The van der Waals surface area contributed by atoms with E-state index in [-0.39, 0.29) is 0 Å². The summed E-state index contributed by atoms with van der Waals surface area (Å²) in [5.74, 6) is 0. The lowest BCUT2D eigenvalue weighted by Gasteiger charge is -1.94. The zero-order chi connectivity index (χ0) is 6.69. The Morgan fingerprint density at radius 3 is 2.89 bits per heavy atom. The average molecular weight is 118 g/mol.